The number of carbonyl (C=O) groups excluding carboxylic acids is 3. The molecular weight excluding hydrogens is 556 g/mol. The summed E-state index contributed by atoms with van der Waals surface area (Å²) in [5, 5.41) is 44.9. The van der Waals surface area contributed by atoms with Gasteiger partial charge in [-0.15, -0.1) is 0 Å². The molecule has 12 heteroatoms. The van der Waals surface area contributed by atoms with Crippen LogP contribution >= 0.6 is 0 Å². The molecule has 228 valence electrons. The number of aromatic hydroxyl groups is 1. The van der Waals surface area contributed by atoms with Crippen molar-refractivity contribution < 1.29 is 39.5 Å². The molecule has 1 aromatic heterocycles. The summed E-state index contributed by atoms with van der Waals surface area (Å²) >= 11 is 0. The Labute approximate surface area is 248 Å². The van der Waals surface area contributed by atoms with Crippen molar-refractivity contribution in [1.29, 1.82) is 0 Å². The minimum Gasteiger partial charge on any atom is -0.510 e. The van der Waals surface area contributed by atoms with E-state index < -0.39 is 58.0 Å². The molecule has 4 atom stereocenters. The lowest BCUT2D eigenvalue weighted by molar-refractivity contribution is -0.148. The molecule has 0 spiro atoms. The Balaban J connectivity index is 1.55. The summed E-state index contributed by atoms with van der Waals surface area (Å²) in [6, 6.07) is 5.70. The third-order valence-electron chi connectivity index (χ3n) is 8.67. The lowest BCUT2D eigenvalue weighted by atomic mass is 9.58. The van der Waals surface area contributed by atoms with Gasteiger partial charge < -0.3 is 35.8 Å². The fraction of sp³-hybridized carbons (Fsp3) is 0.419. The summed E-state index contributed by atoms with van der Waals surface area (Å²) in [5.74, 6) is -6.82. The quantitative estimate of drug-likeness (QED) is 0.219. The number of pyridine rings is 1. The maximum atomic E-state index is 13.9. The monoisotopic (exact) mass is 592 g/mol. The van der Waals surface area contributed by atoms with E-state index >= 15 is 0 Å². The largest absolute Gasteiger partial charge is 0.510 e. The number of hydrogen-bond donors (Lipinski definition) is 5. The van der Waals surface area contributed by atoms with Crippen LogP contribution in [-0.4, -0.2) is 106 Å². The van der Waals surface area contributed by atoms with Gasteiger partial charge in [0.2, 0.25) is 5.78 Å². The zero-order valence-corrected chi connectivity index (χ0v) is 24.5. The number of ketones is 2. The zero-order valence-electron chi connectivity index (χ0n) is 24.5. The van der Waals surface area contributed by atoms with Gasteiger partial charge in [0.25, 0.3) is 5.91 Å². The van der Waals surface area contributed by atoms with Gasteiger partial charge in [-0.05, 0) is 70.2 Å². The Hall–Kier alpha value is -4.10. The van der Waals surface area contributed by atoms with E-state index in [1.165, 1.54) is 11.0 Å². The number of aromatic nitrogens is 1. The highest BCUT2D eigenvalue weighted by molar-refractivity contribution is 6.24. The normalized spacial score (nSPS) is 25.2. The fourth-order valence-corrected chi connectivity index (χ4v) is 6.61. The number of aliphatic hydroxyl groups is 3. The van der Waals surface area contributed by atoms with E-state index in [1.807, 2.05) is 31.1 Å². The molecule has 2 aromatic rings. The summed E-state index contributed by atoms with van der Waals surface area (Å²) in [5.41, 5.74) is 4.26. The number of aliphatic hydroxyl groups excluding tert-OH is 2. The van der Waals surface area contributed by atoms with E-state index in [-0.39, 0.29) is 29.7 Å². The number of carbonyl (C=O) groups is 3. The first-order valence-corrected chi connectivity index (χ1v) is 14.0. The third-order valence-corrected chi connectivity index (χ3v) is 8.67. The number of hydrogen-bond acceptors (Lipinski definition) is 11. The fourth-order valence-electron chi connectivity index (χ4n) is 6.61. The van der Waals surface area contributed by atoms with Crippen LogP contribution in [0.1, 0.15) is 28.0 Å². The van der Waals surface area contributed by atoms with Crippen LogP contribution in [0.5, 0.6) is 5.75 Å². The van der Waals surface area contributed by atoms with E-state index in [9.17, 15) is 34.8 Å². The Morgan fingerprint density at radius 1 is 1.12 bits per heavy atom. The van der Waals surface area contributed by atoms with Crippen LogP contribution in [0.3, 0.4) is 0 Å². The molecule has 6 N–H and O–H groups in total. The molecule has 12 nitrogen and oxygen atoms in total. The zero-order chi connectivity index (χ0) is 31.4. The van der Waals surface area contributed by atoms with Gasteiger partial charge >= 0.3 is 0 Å². The Kier molecular flexibility index (Phi) is 7.90. The van der Waals surface area contributed by atoms with Crippen LogP contribution < -0.4 is 5.73 Å². The van der Waals surface area contributed by atoms with Crippen molar-refractivity contribution in [3.63, 3.8) is 0 Å². The number of fused-ring (bicyclic) bond motifs is 3. The molecule has 43 heavy (non-hydrogen) atoms. The van der Waals surface area contributed by atoms with Crippen molar-refractivity contribution in [2.24, 2.45) is 17.6 Å². The molecule has 3 aliphatic carbocycles. The van der Waals surface area contributed by atoms with Gasteiger partial charge in [0, 0.05) is 29.8 Å². The number of nitrogens with zero attached hydrogens (tertiary/aromatic N) is 3. The molecule has 0 saturated carbocycles. The van der Waals surface area contributed by atoms with Crippen LogP contribution in [0.4, 0.5) is 0 Å². The first-order chi connectivity index (χ1) is 20.3. The average Bonchev–Trinajstić information content (AvgIpc) is 2.93. The molecule has 0 saturated heterocycles. The summed E-state index contributed by atoms with van der Waals surface area (Å²) in [4.78, 5) is 47.5. The number of allylic oxidation sites excluding steroid dienone is 1. The predicted octanol–water partition coefficient (Wildman–Crippen LogP) is 1.26. The molecule has 0 unspecified atom stereocenters. The van der Waals surface area contributed by atoms with Crippen molar-refractivity contribution in [2.45, 2.75) is 31.1 Å². The number of ether oxygens (including phenoxy) is 1. The number of nitrogens with two attached hydrogens (primary N) is 1. The van der Waals surface area contributed by atoms with E-state index in [1.54, 1.807) is 26.4 Å². The number of Topliss-reactive ketones (excluding diaryl/α,β-unsaturated/α-hetero) is 2. The summed E-state index contributed by atoms with van der Waals surface area (Å²) in [6.45, 7) is 1.68. The van der Waals surface area contributed by atoms with Crippen LogP contribution in [0.25, 0.3) is 11.1 Å². The molecule has 0 aliphatic heterocycles. The first kappa shape index (κ1) is 30.4. The number of phenolic OH excluding ortho intramolecular Hbond substituents is 1. The summed E-state index contributed by atoms with van der Waals surface area (Å²) in [6.07, 6.45) is 1.87. The topological polar surface area (TPSA) is 187 Å². The molecule has 1 heterocycles. The number of primary amides is 1. The van der Waals surface area contributed by atoms with Crippen molar-refractivity contribution in [3.05, 3.63) is 69.9 Å². The van der Waals surface area contributed by atoms with Crippen LogP contribution in [0, 0.1) is 11.8 Å². The van der Waals surface area contributed by atoms with Crippen molar-refractivity contribution >= 4 is 17.5 Å². The van der Waals surface area contributed by atoms with E-state index in [0.29, 0.717) is 29.9 Å². The number of likely N-dealkylation sites (N-methyl/N-ethyl adjacent to an activating group) is 2. The second kappa shape index (κ2) is 11.2. The van der Waals surface area contributed by atoms with Crippen molar-refractivity contribution in [2.75, 3.05) is 41.3 Å². The highest BCUT2D eigenvalue weighted by atomic mass is 16.5. The Bertz CT molecular complexity index is 1560. The van der Waals surface area contributed by atoms with Gasteiger partial charge in [0.15, 0.2) is 11.4 Å². The van der Waals surface area contributed by atoms with E-state index in [2.05, 4.69) is 4.98 Å². The maximum Gasteiger partial charge on any atom is 0.255 e. The van der Waals surface area contributed by atoms with E-state index in [0.717, 1.165) is 12.2 Å². The second-order valence-electron chi connectivity index (χ2n) is 11.8. The molecule has 5 rings (SSSR count). The van der Waals surface area contributed by atoms with Crippen LogP contribution in [0.15, 0.2) is 53.1 Å². The number of phenols is 1. The van der Waals surface area contributed by atoms with Crippen molar-refractivity contribution in [1.82, 2.24) is 14.8 Å². The maximum absolute atomic E-state index is 13.9. The minimum absolute atomic E-state index is 0.0162. The number of benzene rings is 1. The molecular formula is C31H36N4O8. The van der Waals surface area contributed by atoms with Gasteiger partial charge in [-0.3, -0.25) is 24.3 Å². The second-order valence-corrected chi connectivity index (χ2v) is 11.8. The minimum atomic E-state index is -2.67. The molecule has 0 fully saturated rings. The Morgan fingerprint density at radius 3 is 2.44 bits per heavy atom. The average molecular weight is 593 g/mol. The number of rotatable bonds is 8. The van der Waals surface area contributed by atoms with Crippen LogP contribution in [-0.2, 0) is 27.4 Å². The lowest BCUT2D eigenvalue weighted by Gasteiger charge is -2.50. The van der Waals surface area contributed by atoms with Gasteiger partial charge in [0.1, 0.15) is 22.8 Å². The summed E-state index contributed by atoms with van der Waals surface area (Å²) < 4.78 is 5.67. The first-order valence-electron chi connectivity index (χ1n) is 14.0. The lowest BCUT2D eigenvalue weighted by Crippen LogP contribution is -2.63. The molecule has 3 aliphatic rings. The smallest absolute Gasteiger partial charge is 0.255 e. The summed E-state index contributed by atoms with van der Waals surface area (Å²) in [7, 11) is 7.10. The van der Waals surface area contributed by atoms with Gasteiger partial charge in [-0.2, -0.15) is 0 Å². The van der Waals surface area contributed by atoms with Gasteiger partial charge in [0.05, 0.1) is 30.5 Å². The molecule has 0 bridgehead atoms. The molecule has 1 aromatic carbocycles. The Morgan fingerprint density at radius 2 is 1.84 bits per heavy atom. The van der Waals surface area contributed by atoms with Gasteiger partial charge in [-0.25, -0.2) is 0 Å². The SMILES string of the molecule is CN(C)CCOCc1ccc(-c2ccc(O)c3c2C[C@H]2C[C@H]4[C@H](N(C)C)C(O)=C(C(N)=O)C(=O)[C@@]4(O)C(O)=C2C3=O)cn1. The molecule has 0 radical (unpaired) electrons. The van der Waals surface area contributed by atoms with E-state index in [4.69, 9.17) is 10.5 Å². The highest BCUT2D eigenvalue weighted by Crippen LogP contribution is 2.53. The standard InChI is InChI=1S/C31H36N4O8/c1-34(2)9-10-43-14-17-6-5-15(13-33-17)18-7-8-21(36)23-19(18)11-16-12-20-25(35(3)4)27(38)24(30(32)41)29(40)31(20,42)28(39)22(16)26(23)37/h5-8,13,16,20,25,36,38-39,42H,9-12,14H2,1-4H3,(H2,32,41)/t16-,20-,25-,31-/m0/s1. The van der Waals surface area contributed by atoms with Gasteiger partial charge in [-0.1, -0.05) is 12.1 Å². The van der Waals surface area contributed by atoms with Crippen molar-refractivity contribution in [3.8, 4) is 16.9 Å². The molecule has 1 amide bonds. The predicted molar refractivity (Wildman–Crippen MR) is 155 cm³/mol. The third kappa shape index (κ3) is 4.89. The number of amides is 1. The van der Waals surface area contributed by atoms with Crippen LogP contribution in [0.2, 0.25) is 0 Å². The highest BCUT2D eigenvalue weighted by Gasteiger charge is 2.63.